The van der Waals surface area contributed by atoms with Gasteiger partial charge in [-0.3, -0.25) is 0 Å². The van der Waals surface area contributed by atoms with Crippen LogP contribution in [-0.4, -0.2) is 29.5 Å². The molecule has 0 amide bonds. The van der Waals surface area contributed by atoms with Crippen LogP contribution in [0.5, 0.6) is 5.75 Å². The minimum Gasteiger partial charge on any atom is -0.484 e. The number of aliphatic hydroxyl groups is 1. The maximum Gasteiger partial charge on any atom is 0.422 e. The molecule has 1 aromatic rings. The fourth-order valence-electron chi connectivity index (χ4n) is 1.24. The van der Waals surface area contributed by atoms with Gasteiger partial charge in [-0.2, -0.15) is 13.2 Å². The van der Waals surface area contributed by atoms with Crippen LogP contribution in [0.3, 0.4) is 0 Å². The van der Waals surface area contributed by atoms with Gasteiger partial charge in [-0.1, -0.05) is 0 Å². The lowest BCUT2D eigenvalue weighted by Gasteiger charge is -2.27. The standard InChI is InChI=1S/C13H18F3NO2/c1-9(12(2,3)18)17-10-4-6-11(7-5-10)19-8-13(14,15)16/h4-7,9,17-18H,8H2,1-3H3. The highest BCUT2D eigenvalue weighted by Gasteiger charge is 2.28. The van der Waals surface area contributed by atoms with E-state index in [1.165, 1.54) is 12.1 Å². The van der Waals surface area contributed by atoms with Gasteiger partial charge in [-0.15, -0.1) is 0 Å². The van der Waals surface area contributed by atoms with Gasteiger partial charge in [0.15, 0.2) is 6.61 Å². The fraction of sp³-hybridized carbons (Fsp3) is 0.538. The van der Waals surface area contributed by atoms with Crippen molar-refractivity contribution in [3.05, 3.63) is 24.3 Å². The lowest BCUT2D eigenvalue weighted by atomic mass is 10.0. The zero-order valence-electron chi connectivity index (χ0n) is 11.1. The largest absolute Gasteiger partial charge is 0.484 e. The van der Waals surface area contributed by atoms with E-state index in [0.29, 0.717) is 5.69 Å². The Morgan fingerprint density at radius 1 is 1.21 bits per heavy atom. The van der Waals surface area contributed by atoms with E-state index in [0.717, 1.165) is 0 Å². The smallest absolute Gasteiger partial charge is 0.422 e. The van der Waals surface area contributed by atoms with Crippen molar-refractivity contribution in [3.63, 3.8) is 0 Å². The van der Waals surface area contributed by atoms with Crippen LogP contribution in [-0.2, 0) is 0 Å². The Morgan fingerprint density at radius 2 is 1.74 bits per heavy atom. The van der Waals surface area contributed by atoms with E-state index in [9.17, 15) is 18.3 Å². The summed E-state index contributed by atoms with van der Waals surface area (Å²) in [5.41, 5.74) is -0.195. The highest BCUT2D eigenvalue weighted by molar-refractivity contribution is 5.47. The summed E-state index contributed by atoms with van der Waals surface area (Å²) < 4.78 is 40.5. The summed E-state index contributed by atoms with van der Waals surface area (Å²) in [7, 11) is 0. The molecule has 1 rings (SSSR count). The average Bonchev–Trinajstić information content (AvgIpc) is 2.26. The van der Waals surface area contributed by atoms with Gasteiger partial charge in [0, 0.05) is 5.69 Å². The van der Waals surface area contributed by atoms with Gasteiger partial charge in [0.1, 0.15) is 5.75 Å². The number of ether oxygens (including phenoxy) is 1. The summed E-state index contributed by atoms with van der Waals surface area (Å²) in [6.07, 6.45) is -4.34. The van der Waals surface area contributed by atoms with Crippen LogP contribution >= 0.6 is 0 Å². The van der Waals surface area contributed by atoms with E-state index in [1.807, 2.05) is 6.92 Å². The molecule has 1 atom stereocenters. The van der Waals surface area contributed by atoms with E-state index in [-0.39, 0.29) is 11.8 Å². The molecule has 0 aliphatic carbocycles. The molecule has 19 heavy (non-hydrogen) atoms. The highest BCUT2D eigenvalue weighted by Crippen LogP contribution is 2.21. The summed E-state index contributed by atoms with van der Waals surface area (Å²) in [4.78, 5) is 0. The number of halogens is 3. The van der Waals surface area contributed by atoms with Gasteiger partial charge >= 0.3 is 6.18 Å². The molecule has 6 heteroatoms. The maximum absolute atomic E-state index is 12.0. The first kappa shape index (κ1) is 15.6. The SMILES string of the molecule is CC(Nc1ccc(OCC(F)(F)F)cc1)C(C)(C)O. The van der Waals surface area contributed by atoms with Crippen LogP contribution in [0.2, 0.25) is 0 Å². The summed E-state index contributed by atoms with van der Waals surface area (Å²) in [5, 5.41) is 12.8. The first-order chi connectivity index (χ1) is 8.58. The van der Waals surface area contributed by atoms with E-state index in [1.54, 1.807) is 26.0 Å². The maximum atomic E-state index is 12.0. The minimum atomic E-state index is -4.34. The monoisotopic (exact) mass is 277 g/mol. The molecule has 0 saturated heterocycles. The van der Waals surface area contributed by atoms with E-state index < -0.39 is 18.4 Å². The number of hydrogen-bond donors (Lipinski definition) is 2. The van der Waals surface area contributed by atoms with Crippen molar-refractivity contribution >= 4 is 5.69 Å². The number of anilines is 1. The molecule has 1 aromatic carbocycles. The van der Waals surface area contributed by atoms with Gasteiger partial charge < -0.3 is 15.2 Å². The number of nitrogens with one attached hydrogen (secondary N) is 1. The number of benzene rings is 1. The molecule has 0 spiro atoms. The summed E-state index contributed by atoms with van der Waals surface area (Å²) >= 11 is 0. The summed E-state index contributed by atoms with van der Waals surface area (Å²) in [6, 6.07) is 5.91. The van der Waals surface area contributed by atoms with E-state index in [4.69, 9.17) is 0 Å². The normalized spacial score (nSPS) is 14.1. The summed E-state index contributed by atoms with van der Waals surface area (Å²) in [6.45, 7) is 3.85. The highest BCUT2D eigenvalue weighted by atomic mass is 19.4. The first-order valence-corrected chi connectivity index (χ1v) is 5.86. The van der Waals surface area contributed by atoms with Crippen molar-refractivity contribution in [1.29, 1.82) is 0 Å². The second kappa shape index (κ2) is 5.69. The number of rotatable bonds is 5. The molecule has 0 bridgehead atoms. The van der Waals surface area contributed by atoms with Crippen LogP contribution in [0.15, 0.2) is 24.3 Å². The van der Waals surface area contributed by atoms with Crippen molar-refractivity contribution in [1.82, 2.24) is 0 Å². The minimum absolute atomic E-state index is 0.152. The molecule has 0 aliphatic rings. The third-order valence-corrected chi connectivity index (χ3v) is 2.70. The Hall–Kier alpha value is -1.43. The van der Waals surface area contributed by atoms with Gasteiger partial charge in [0.05, 0.1) is 11.6 Å². The predicted molar refractivity (Wildman–Crippen MR) is 67.4 cm³/mol. The molecule has 0 aromatic heterocycles. The van der Waals surface area contributed by atoms with Crippen molar-refractivity contribution in [2.75, 3.05) is 11.9 Å². The molecule has 0 fully saturated rings. The lowest BCUT2D eigenvalue weighted by Crippen LogP contribution is -2.39. The molecule has 0 saturated carbocycles. The fourth-order valence-corrected chi connectivity index (χ4v) is 1.24. The second-order valence-corrected chi connectivity index (χ2v) is 4.95. The van der Waals surface area contributed by atoms with Crippen LogP contribution < -0.4 is 10.1 Å². The third kappa shape index (κ3) is 5.83. The molecule has 0 heterocycles. The Kier molecular flexibility index (Phi) is 4.68. The van der Waals surface area contributed by atoms with E-state index in [2.05, 4.69) is 10.1 Å². The van der Waals surface area contributed by atoms with Crippen LogP contribution in [0.25, 0.3) is 0 Å². The van der Waals surface area contributed by atoms with Gasteiger partial charge in [-0.05, 0) is 45.0 Å². The zero-order chi connectivity index (χ0) is 14.7. The molecule has 108 valence electrons. The van der Waals surface area contributed by atoms with Crippen molar-refractivity contribution in [3.8, 4) is 5.75 Å². The molecular formula is C13H18F3NO2. The van der Waals surface area contributed by atoms with Gasteiger partial charge in [0.25, 0.3) is 0 Å². The Bertz CT molecular complexity index is 396. The van der Waals surface area contributed by atoms with E-state index >= 15 is 0 Å². The van der Waals surface area contributed by atoms with Crippen LogP contribution in [0, 0.1) is 0 Å². The molecule has 0 aliphatic heterocycles. The van der Waals surface area contributed by atoms with Crippen molar-refractivity contribution in [2.45, 2.75) is 38.6 Å². The number of hydrogen-bond acceptors (Lipinski definition) is 3. The first-order valence-electron chi connectivity index (χ1n) is 5.86. The van der Waals surface area contributed by atoms with Crippen LogP contribution in [0.1, 0.15) is 20.8 Å². The average molecular weight is 277 g/mol. The topological polar surface area (TPSA) is 41.5 Å². The molecule has 1 unspecified atom stereocenters. The molecular weight excluding hydrogens is 259 g/mol. The second-order valence-electron chi connectivity index (χ2n) is 4.95. The molecule has 2 N–H and O–H groups in total. The molecule has 0 radical (unpaired) electrons. The van der Waals surface area contributed by atoms with Gasteiger partial charge in [0.2, 0.25) is 0 Å². The van der Waals surface area contributed by atoms with Gasteiger partial charge in [-0.25, -0.2) is 0 Å². The Morgan fingerprint density at radius 3 is 2.16 bits per heavy atom. The predicted octanol–water partition coefficient (Wildman–Crippen LogP) is 3.20. The third-order valence-electron chi connectivity index (χ3n) is 2.70. The number of alkyl halides is 3. The lowest BCUT2D eigenvalue weighted by molar-refractivity contribution is -0.153. The Balaban J connectivity index is 2.57. The summed E-state index contributed by atoms with van der Waals surface area (Å²) in [5.74, 6) is 0.152. The Labute approximate surface area is 110 Å². The molecule has 3 nitrogen and oxygen atoms in total. The quantitative estimate of drug-likeness (QED) is 0.868. The van der Waals surface area contributed by atoms with Crippen molar-refractivity contribution < 1.29 is 23.0 Å². The van der Waals surface area contributed by atoms with Crippen molar-refractivity contribution in [2.24, 2.45) is 0 Å². The zero-order valence-corrected chi connectivity index (χ0v) is 11.1. The van der Waals surface area contributed by atoms with Crippen LogP contribution in [0.4, 0.5) is 18.9 Å².